The number of hydrogen-bond acceptors (Lipinski definition) is 3. The average molecular weight is 291 g/mol. The largest absolute Gasteiger partial charge is 0.364 e. The average Bonchev–Trinajstić information content (AvgIpc) is 3.31. The van der Waals surface area contributed by atoms with E-state index in [2.05, 4.69) is 5.32 Å². The molecule has 1 aromatic rings. The molecule has 21 heavy (non-hydrogen) atoms. The summed E-state index contributed by atoms with van der Waals surface area (Å²) in [4.78, 5) is 1.89. The van der Waals surface area contributed by atoms with Gasteiger partial charge in [-0.25, -0.2) is 8.78 Å². The van der Waals surface area contributed by atoms with Gasteiger partial charge in [-0.3, -0.25) is 0 Å². The van der Waals surface area contributed by atoms with Crippen molar-refractivity contribution < 1.29 is 8.78 Å². The molecule has 0 amide bonds. The van der Waals surface area contributed by atoms with Crippen molar-refractivity contribution in [3.05, 3.63) is 29.3 Å². The SMILES string of the molecule is N#Cc1cc(F)c(N(CC2CCNCC2)C2CC2)c(F)c1. The van der Waals surface area contributed by atoms with Crippen molar-refractivity contribution >= 4 is 5.69 Å². The normalized spacial score (nSPS) is 19.3. The summed E-state index contributed by atoms with van der Waals surface area (Å²) < 4.78 is 28.5. The summed E-state index contributed by atoms with van der Waals surface area (Å²) >= 11 is 0. The minimum Gasteiger partial charge on any atom is -0.364 e. The summed E-state index contributed by atoms with van der Waals surface area (Å²) in [5, 5.41) is 12.1. The highest BCUT2D eigenvalue weighted by atomic mass is 19.1. The van der Waals surface area contributed by atoms with Crippen molar-refractivity contribution in [2.75, 3.05) is 24.5 Å². The maximum absolute atomic E-state index is 14.2. The Bertz CT molecular complexity index is 534. The summed E-state index contributed by atoms with van der Waals surface area (Å²) in [5.41, 5.74) is 0.0846. The highest BCUT2D eigenvalue weighted by Gasteiger charge is 2.34. The van der Waals surface area contributed by atoms with E-state index in [1.54, 1.807) is 6.07 Å². The lowest BCUT2D eigenvalue weighted by Crippen LogP contribution is -2.38. The van der Waals surface area contributed by atoms with Gasteiger partial charge >= 0.3 is 0 Å². The molecule has 0 bridgehead atoms. The lowest BCUT2D eigenvalue weighted by Gasteiger charge is -2.32. The van der Waals surface area contributed by atoms with E-state index >= 15 is 0 Å². The monoisotopic (exact) mass is 291 g/mol. The van der Waals surface area contributed by atoms with E-state index < -0.39 is 11.6 Å². The Hall–Kier alpha value is -1.67. The Morgan fingerprint density at radius 2 is 1.76 bits per heavy atom. The van der Waals surface area contributed by atoms with Crippen molar-refractivity contribution in [2.24, 2.45) is 5.92 Å². The second-order valence-corrected chi connectivity index (χ2v) is 5.98. The van der Waals surface area contributed by atoms with Crippen LogP contribution >= 0.6 is 0 Å². The third kappa shape index (κ3) is 3.16. The molecule has 0 atom stereocenters. The Morgan fingerprint density at radius 3 is 2.29 bits per heavy atom. The number of nitrogens with one attached hydrogen (secondary N) is 1. The van der Waals surface area contributed by atoms with Gasteiger partial charge in [0.05, 0.1) is 11.6 Å². The van der Waals surface area contributed by atoms with Crippen LogP contribution in [0.15, 0.2) is 12.1 Å². The molecule has 1 aromatic carbocycles. The molecule has 3 nitrogen and oxygen atoms in total. The second-order valence-electron chi connectivity index (χ2n) is 5.98. The van der Waals surface area contributed by atoms with Crippen LogP contribution in [-0.4, -0.2) is 25.7 Å². The minimum atomic E-state index is -0.618. The predicted octanol–water partition coefficient (Wildman–Crippen LogP) is 2.80. The number of nitrogens with zero attached hydrogens (tertiary/aromatic N) is 2. The fourth-order valence-corrected chi connectivity index (χ4v) is 3.06. The van der Waals surface area contributed by atoms with Crippen LogP contribution in [0.25, 0.3) is 0 Å². The molecule has 0 spiro atoms. The van der Waals surface area contributed by atoms with Crippen LogP contribution in [0.4, 0.5) is 14.5 Å². The quantitative estimate of drug-likeness (QED) is 0.927. The number of benzene rings is 1. The lowest BCUT2D eigenvalue weighted by atomic mass is 9.97. The fraction of sp³-hybridized carbons (Fsp3) is 0.562. The topological polar surface area (TPSA) is 39.1 Å². The highest BCUT2D eigenvalue weighted by Crippen LogP contribution is 2.36. The van der Waals surface area contributed by atoms with Gasteiger partial charge in [-0.2, -0.15) is 5.26 Å². The number of nitriles is 1. The number of halogens is 2. The van der Waals surface area contributed by atoms with Crippen LogP contribution in [0.2, 0.25) is 0 Å². The van der Waals surface area contributed by atoms with E-state index in [1.165, 1.54) is 0 Å². The van der Waals surface area contributed by atoms with Crippen molar-refractivity contribution in [3.63, 3.8) is 0 Å². The van der Waals surface area contributed by atoms with Crippen LogP contribution < -0.4 is 10.2 Å². The van der Waals surface area contributed by atoms with E-state index in [1.807, 2.05) is 4.90 Å². The molecule has 2 aliphatic rings. The lowest BCUT2D eigenvalue weighted by molar-refractivity contribution is 0.370. The van der Waals surface area contributed by atoms with Crippen LogP contribution in [0.1, 0.15) is 31.2 Å². The number of piperidine rings is 1. The van der Waals surface area contributed by atoms with Gasteiger partial charge in [0, 0.05) is 12.6 Å². The fourth-order valence-electron chi connectivity index (χ4n) is 3.06. The van der Waals surface area contributed by atoms with Gasteiger partial charge in [-0.05, 0) is 56.8 Å². The second kappa shape index (κ2) is 5.98. The van der Waals surface area contributed by atoms with Crippen molar-refractivity contribution in [2.45, 2.75) is 31.7 Å². The van der Waals surface area contributed by atoms with Gasteiger partial charge in [-0.15, -0.1) is 0 Å². The highest BCUT2D eigenvalue weighted by molar-refractivity contribution is 5.54. The molecule has 2 fully saturated rings. The zero-order valence-corrected chi connectivity index (χ0v) is 11.9. The molecule has 1 heterocycles. The van der Waals surface area contributed by atoms with Crippen molar-refractivity contribution in [3.8, 4) is 6.07 Å². The molecule has 5 heteroatoms. The smallest absolute Gasteiger partial charge is 0.150 e. The van der Waals surface area contributed by atoms with Gasteiger partial charge in [0.2, 0.25) is 0 Å². The third-order valence-electron chi connectivity index (χ3n) is 4.33. The molecule has 1 aliphatic heterocycles. The Labute approximate surface area is 123 Å². The molecule has 0 unspecified atom stereocenters. The first-order valence-electron chi connectivity index (χ1n) is 7.55. The Kier molecular flexibility index (Phi) is 4.07. The number of hydrogen-bond donors (Lipinski definition) is 1. The standard InChI is InChI=1S/C16H19F2N3/c17-14-7-12(9-19)8-15(18)16(14)21(13-1-2-13)10-11-3-5-20-6-4-11/h7-8,11,13,20H,1-6,10H2. The van der Waals surface area contributed by atoms with E-state index in [-0.39, 0.29) is 17.3 Å². The molecule has 1 saturated carbocycles. The van der Waals surface area contributed by atoms with Crippen LogP contribution in [0, 0.1) is 28.9 Å². The molecule has 0 aromatic heterocycles. The molecule has 3 rings (SSSR count). The van der Waals surface area contributed by atoms with E-state index in [4.69, 9.17) is 5.26 Å². The summed E-state index contributed by atoms with van der Waals surface area (Å²) in [5.74, 6) is -0.763. The molecule has 1 aliphatic carbocycles. The first kappa shape index (κ1) is 14.3. The van der Waals surface area contributed by atoms with Gasteiger partial charge in [-0.1, -0.05) is 0 Å². The summed E-state index contributed by atoms with van der Waals surface area (Å²) in [6.07, 6.45) is 4.07. The zero-order chi connectivity index (χ0) is 14.8. The van der Waals surface area contributed by atoms with Crippen molar-refractivity contribution in [1.29, 1.82) is 5.26 Å². The Morgan fingerprint density at radius 1 is 1.14 bits per heavy atom. The molecule has 112 valence electrons. The third-order valence-corrected chi connectivity index (χ3v) is 4.33. The van der Waals surface area contributed by atoms with Crippen LogP contribution in [0.3, 0.4) is 0 Å². The predicted molar refractivity (Wildman–Crippen MR) is 77.0 cm³/mol. The van der Waals surface area contributed by atoms with Crippen LogP contribution in [-0.2, 0) is 0 Å². The molecular formula is C16H19F2N3. The Balaban J connectivity index is 1.85. The van der Waals surface area contributed by atoms with Gasteiger partial charge in [0.15, 0.2) is 11.6 Å². The van der Waals surface area contributed by atoms with Crippen molar-refractivity contribution in [1.82, 2.24) is 5.32 Å². The molecule has 1 N–H and O–H groups in total. The van der Waals surface area contributed by atoms with Gasteiger partial charge in [0.1, 0.15) is 5.69 Å². The molecule has 1 saturated heterocycles. The first-order valence-corrected chi connectivity index (χ1v) is 7.55. The van der Waals surface area contributed by atoms with E-state index in [0.29, 0.717) is 12.5 Å². The van der Waals surface area contributed by atoms with Crippen LogP contribution in [0.5, 0.6) is 0 Å². The number of anilines is 1. The summed E-state index contributed by atoms with van der Waals surface area (Å²) in [6, 6.07) is 4.31. The zero-order valence-electron chi connectivity index (χ0n) is 11.9. The first-order chi connectivity index (χ1) is 10.2. The minimum absolute atomic E-state index is 0.0337. The summed E-state index contributed by atoms with van der Waals surface area (Å²) in [6.45, 7) is 2.65. The maximum atomic E-state index is 14.2. The maximum Gasteiger partial charge on any atom is 0.150 e. The number of rotatable bonds is 4. The van der Waals surface area contributed by atoms with Gasteiger partial charge < -0.3 is 10.2 Å². The van der Waals surface area contributed by atoms with Gasteiger partial charge in [0.25, 0.3) is 0 Å². The van der Waals surface area contributed by atoms with E-state index in [0.717, 1.165) is 50.9 Å². The molecule has 0 radical (unpaired) electrons. The van der Waals surface area contributed by atoms with E-state index in [9.17, 15) is 8.78 Å². The molecular weight excluding hydrogens is 272 g/mol. The summed E-state index contributed by atoms with van der Waals surface area (Å²) in [7, 11) is 0.